The van der Waals surface area contributed by atoms with Gasteiger partial charge in [0.2, 0.25) is 5.95 Å². The number of rotatable bonds is 7. The average molecular weight is 305 g/mol. The molecule has 0 N–H and O–H groups in total. The number of anilines is 2. The van der Waals surface area contributed by atoms with Crippen LogP contribution in [0, 0.1) is 6.92 Å². The van der Waals surface area contributed by atoms with Crippen molar-refractivity contribution < 1.29 is 0 Å². The Morgan fingerprint density at radius 3 is 2.18 bits per heavy atom. The van der Waals surface area contributed by atoms with E-state index < -0.39 is 0 Å². The Bertz CT molecular complexity index is 448. The summed E-state index contributed by atoms with van der Waals surface area (Å²) in [7, 11) is 0. The highest BCUT2D eigenvalue weighted by Gasteiger charge is 2.19. The van der Waals surface area contributed by atoms with E-state index in [2.05, 4.69) is 53.4 Å². The van der Waals surface area contributed by atoms with Crippen molar-refractivity contribution in [3.05, 3.63) is 11.8 Å². The van der Waals surface area contributed by atoms with Crippen LogP contribution < -0.4 is 9.80 Å². The molecule has 5 heteroatoms. The van der Waals surface area contributed by atoms with Gasteiger partial charge >= 0.3 is 0 Å². The SMILES string of the molecule is CCCN(CCC)c1nc(C)cc(N2CCN(CC)CC2)n1. The van der Waals surface area contributed by atoms with E-state index >= 15 is 0 Å². The monoisotopic (exact) mass is 305 g/mol. The largest absolute Gasteiger partial charge is 0.354 e. The van der Waals surface area contributed by atoms with E-state index in [9.17, 15) is 0 Å². The zero-order valence-electron chi connectivity index (χ0n) is 14.7. The first-order valence-electron chi connectivity index (χ1n) is 8.75. The molecule has 0 atom stereocenters. The lowest BCUT2D eigenvalue weighted by molar-refractivity contribution is 0.270. The summed E-state index contributed by atoms with van der Waals surface area (Å²) in [5.74, 6) is 1.99. The van der Waals surface area contributed by atoms with Gasteiger partial charge in [-0.2, -0.15) is 4.98 Å². The number of piperazine rings is 1. The van der Waals surface area contributed by atoms with Crippen LogP contribution in [-0.4, -0.2) is 60.7 Å². The third-order valence-corrected chi connectivity index (χ3v) is 4.24. The molecule has 1 saturated heterocycles. The minimum atomic E-state index is 0.900. The van der Waals surface area contributed by atoms with Gasteiger partial charge in [0, 0.05) is 51.0 Å². The Balaban J connectivity index is 2.15. The molecule has 5 nitrogen and oxygen atoms in total. The molecule has 0 unspecified atom stereocenters. The molecule has 1 aromatic rings. The van der Waals surface area contributed by atoms with E-state index in [1.807, 2.05) is 0 Å². The van der Waals surface area contributed by atoms with Crippen molar-refractivity contribution in [2.45, 2.75) is 40.5 Å². The highest BCUT2D eigenvalue weighted by atomic mass is 15.3. The van der Waals surface area contributed by atoms with Gasteiger partial charge in [-0.15, -0.1) is 0 Å². The summed E-state index contributed by atoms with van der Waals surface area (Å²) in [4.78, 5) is 16.8. The third-order valence-electron chi connectivity index (χ3n) is 4.24. The highest BCUT2D eigenvalue weighted by molar-refractivity contribution is 5.46. The molecule has 22 heavy (non-hydrogen) atoms. The molecule has 2 rings (SSSR count). The summed E-state index contributed by atoms with van der Waals surface area (Å²) >= 11 is 0. The van der Waals surface area contributed by atoms with Crippen LogP contribution in [0.4, 0.5) is 11.8 Å². The fourth-order valence-corrected chi connectivity index (χ4v) is 2.98. The maximum Gasteiger partial charge on any atom is 0.227 e. The van der Waals surface area contributed by atoms with Crippen LogP contribution in [-0.2, 0) is 0 Å². The minimum Gasteiger partial charge on any atom is -0.354 e. The van der Waals surface area contributed by atoms with Crippen molar-refractivity contribution >= 4 is 11.8 Å². The van der Waals surface area contributed by atoms with Gasteiger partial charge in [0.1, 0.15) is 5.82 Å². The number of likely N-dealkylation sites (N-methyl/N-ethyl adjacent to an activating group) is 1. The summed E-state index contributed by atoms with van der Waals surface area (Å²) in [6.07, 6.45) is 2.25. The lowest BCUT2D eigenvalue weighted by Crippen LogP contribution is -2.46. The van der Waals surface area contributed by atoms with E-state index in [1.54, 1.807) is 0 Å². The molecular weight excluding hydrogens is 274 g/mol. The summed E-state index contributed by atoms with van der Waals surface area (Å²) in [6, 6.07) is 2.13. The van der Waals surface area contributed by atoms with Crippen LogP contribution in [0.2, 0.25) is 0 Å². The Morgan fingerprint density at radius 2 is 1.64 bits per heavy atom. The Hall–Kier alpha value is -1.36. The van der Waals surface area contributed by atoms with Crippen molar-refractivity contribution in [3.8, 4) is 0 Å². The quantitative estimate of drug-likeness (QED) is 0.773. The topological polar surface area (TPSA) is 35.5 Å². The molecule has 0 amide bonds. The second-order valence-corrected chi connectivity index (χ2v) is 6.08. The fourth-order valence-electron chi connectivity index (χ4n) is 2.98. The second-order valence-electron chi connectivity index (χ2n) is 6.08. The van der Waals surface area contributed by atoms with Gasteiger partial charge in [-0.1, -0.05) is 20.8 Å². The highest BCUT2D eigenvalue weighted by Crippen LogP contribution is 2.19. The maximum absolute atomic E-state index is 4.87. The van der Waals surface area contributed by atoms with Crippen LogP contribution in [0.5, 0.6) is 0 Å². The number of aromatic nitrogens is 2. The molecule has 1 fully saturated rings. The average Bonchev–Trinajstić information content (AvgIpc) is 2.54. The van der Waals surface area contributed by atoms with Crippen molar-refractivity contribution in [1.29, 1.82) is 0 Å². The summed E-state index contributed by atoms with van der Waals surface area (Å²) in [6.45, 7) is 16.3. The first-order valence-corrected chi connectivity index (χ1v) is 8.75. The lowest BCUT2D eigenvalue weighted by Gasteiger charge is -2.35. The van der Waals surface area contributed by atoms with E-state index in [4.69, 9.17) is 4.98 Å². The van der Waals surface area contributed by atoms with Gasteiger partial charge in [0.05, 0.1) is 0 Å². The van der Waals surface area contributed by atoms with Gasteiger partial charge in [0.25, 0.3) is 0 Å². The second kappa shape index (κ2) is 8.32. The zero-order valence-corrected chi connectivity index (χ0v) is 14.7. The number of aryl methyl sites for hydroxylation is 1. The van der Waals surface area contributed by atoms with Gasteiger partial charge in [0.15, 0.2) is 0 Å². The van der Waals surface area contributed by atoms with Gasteiger partial charge in [-0.25, -0.2) is 4.98 Å². The van der Waals surface area contributed by atoms with E-state index in [1.165, 1.54) is 0 Å². The van der Waals surface area contributed by atoms with Crippen molar-refractivity contribution in [1.82, 2.24) is 14.9 Å². The summed E-state index contributed by atoms with van der Waals surface area (Å²) in [5.41, 5.74) is 1.06. The van der Waals surface area contributed by atoms with Crippen LogP contribution in [0.3, 0.4) is 0 Å². The predicted molar refractivity (Wildman–Crippen MR) is 93.9 cm³/mol. The van der Waals surface area contributed by atoms with Crippen molar-refractivity contribution in [3.63, 3.8) is 0 Å². The van der Waals surface area contributed by atoms with E-state index in [0.717, 1.165) is 76.1 Å². The molecule has 1 aliphatic heterocycles. The van der Waals surface area contributed by atoms with Crippen molar-refractivity contribution in [2.75, 3.05) is 55.6 Å². The fraction of sp³-hybridized carbons (Fsp3) is 0.765. The zero-order chi connectivity index (χ0) is 15.9. The minimum absolute atomic E-state index is 0.900. The first kappa shape index (κ1) is 17.0. The molecule has 0 aromatic carbocycles. The van der Waals surface area contributed by atoms with E-state index in [-0.39, 0.29) is 0 Å². The number of hydrogen-bond acceptors (Lipinski definition) is 5. The lowest BCUT2D eigenvalue weighted by atomic mass is 10.3. The van der Waals surface area contributed by atoms with Crippen LogP contribution in [0.15, 0.2) is 6.07 Å². The third kappa shape index (κ3) is 4.32. The molecule has 124 valence electrons. The molecule has 0 saturated carbocycles. The molecule has 0 aliphatic carbocycles. The normalized spacial score (nSPS) is 16.1. The van der Waals surface area contributed by atoms with Crippen LogP contribution in [0.25, 0.3) is 0 Å². The first-order chi connectivity index (χ1) is 10.7. The van der Waals surface area contributed by atoms with E-state index in [0.29, 0.717) is 0 Å². The van der Waals surface area contributed by atoms with Crippen molar-refractivity contribution in [2.24, 2.45) is 0 Å². The number of hydrogen-bond donors (Lipinski definition) is 0. The van der Waals surface area contributed by atoms with Gasteiger partial charge in [-0.3, -0.25) is 0 Å². The molecule has 0 bridgehead atoms. The Morgan fingerprint density at radius 1 is 1.00 bits per heavy atom. The standard InChI is InChI=1S/C17H31N5/c1-5-8-22(9-6-2)17-18-15(4)14-16(19-17)21-12-10-20(7-3)11-13-21/h14H,5-13H2,1-4H3. The molecular formula is C17H31N5. The van der Waals surface area contributed by atoms with Crippen LogP contribution in [0.1, 0.15) is 39.3 Å². The molecule has 0 radical (unpaired) electrons. The van der Waals surface area contributed by atoms with Gasteiger partial charge < -0.3 is 14.7 Å². The summed E-state index contributed by atoms with van der Waals surface area (Å²) in [5, 5.41) is 0. The molecule has 0 spiro atoms. The predicted octanol–water partition coefficient (Wildman–Crippen LogP) is 2.55. The summed E-state index contributed by atoms with van der Waals surface area (Å²) < 4.78 is 0. The molecule has 1 aliphatic rings. The smallest absolute Gasteiger partial charge is 0.227 e. The Labute approximate surface area is 135 Å². The Kier molecular flexibility index (Phi) is 6.43. The maximum atomic E-state index is 4.87. The van der Waals surface area contributed by atoms with Gasteiger partial charge in [-0.05, 0) is 26.3 Å². The molecule has 1 aromatic heterocycles. The number of nitrogens with zero attached hydrogens (tertiary/aromatic N) is 5. The van der Waals surface area contributed by atoms with Crippen LogP contribution >= 0.6 is 0 Å². The molecule has 2 heterocycles.